The van der Waals surface area contributed by atoms with Gasteiger partial charge in [0.05, 0.1) is 0 Å². The summed E-state index contributed by atoms with van der Waals surface area (Å²) in [6, 6.07) is 0. The third-order valence-electron chi connectivity index (χ3n) is 0.368. The number of carboxylic acids is 2. The first kappa shape index (κ1) is 11.5. The maximum Gasteiger partial charge on any atom is 1.00 e. The maximum absolute atomic E-state index is 9.55. The topological polar surface area (TPSA) is 74.6 Å². The van der Waals surface area contributed by atoms with Crippen molar-refractivity contribution < 1.29 is 50.8 Å². The Bertz CT molecular complexity index is 128. The standard InChI is InChI=1S/C4H4O4.Na.H/c5-3(6)1-2-4(7)8;;/h1-2H,(H,5,6)(H,7,8);;/q;+1;-1. The SMILES string of the molecule is O=C(O)C=CC(=O)O.[H-].[Na+]. The van der Waals surface area contributed by atoms with E-state index in [0.29, 0.717) is 12.2 Å². The number of hydrogen-bond donors (Lipinski definition) is 2. The van der Waals surface area contributed by atoms with Gasteiger partial charge in [-0.3, -0.25) is 0 Å². The van der Waals surface area contributed by atoms with Crippen LogP contribution >= 0.6 is 0 Å². The minimum Gasteiger partial charge on any atom is -1.00 e. The van der Waals surface area contributed by atoms with Crippen LogP contribution in [-0.2, 0) is 9.59 Å². The van der Waals surface area contributed by atoms with E-state index in [1.807, 2.05) is 0 Å². The third-order valence-corrected chi connectivity index (χ3v) is 0.368. The van der Waals surface area contributed by atoms with Gasteiger partial charge in [0.15, 0.2) is 0 Å². The van der Waals surface area contributed by atoms with Crippen LogP contribution in [0.4, 0.5) is 0 Å². The Morgan fingerprint density at radius 3 is 1.44 bits per heavy atom. The monoisotopic (exact) mass is 140 g/mol. The normalized spacial score (nSPS) is 8.44. The number of hydrogen-bond acceptors (Lipinski definition) is 2. The van der Waals surface area contributed by atoms with Crippen molar-refractivity contribution >= 4 is 11.9 Å². The van der Waals surface area contributed by atoms with Crippen molar-refractivity contribution in [3.05, 3.63) is 12.2 Å². The Hall–Kier alpha value is -0.320. The number of carbonyl (C=O) groups is 2. The summed E-state index contributed by atoms with van der Waals surface area (Å²) in [5, 5.41) is 15.6. The van der Waals surface area contributed by atoms with Crippen LogP contribution in [0.2, 0.25) is 0 Å². The van der Waals surface area contributed by atoms with E-state index in [0.717, 1.165) is 0 Å². The van der Waals surface area contributed by atoms with Crippen LogP contribution < -0.4 is 29.6 Å². The third kappa shape index (κ3) is 11.3. The molecule has 0 spiro atoms. The van der Waals surface area contributed by atoms with Gasteiger partial charge in [0.2, 0.25) is 0 Å². The fourth-order valence-electron chi connectivity index (χ4n) is 0.143. The molecule has 0 heterocycles. The molecule has 0 saturated heterocycles. The molecule has 0 rings (SSSR count). The molecule has 0 aromatic carbocycles. The second-order valence-corrected chi connectivity index (χ2v) is 1.01. The van der Waals surface area contributed by atoms with Crippen LogP contribution in [0.5, 0.6) is 0 Å². The average molecular weight is 140 g/mol. The molecular weight excluding hydrogens is 135 g/mol. The van der Waals surface area contributed by atoms with Crippen molar-refractivity contribution in [3.63, 3.8) is 0 Å². The minimum atomic E-state index is -1.26. The average Bonchev–Trinajstić information content (AvgIpc) is 1.61. The van der Waals surface area contributed by atoms with Gasteiger partial charge in [0.1, 0.15) is 0 Å². The van der Waals surface area contributed by atoms with Crippen LogP contribution in [0.15, 0.2) is 12.2 Å². The van der Waals surface area contributed by atoms with Gasteiger partial charge in [-0.2, -0.15) is 0 Å². The molecule has 0 aliphatic carbocycles. The van der Waals surface area contributed by atoms with Gasteiger partial charge in [-0.1, -0.05) is 0 Å². The van der Waals surface area contributed by atoms with Gasteiger partial charge >= 0.3 is 41.5 Å². The second-order valence-electron chi connectivity index (χ2n) is 1.01. The van der Waals surface area contributed by atoms with Crippen molar-refractivity contribution in [1.29, 1.82) is 0 Å². The largest absolute Gasteiger partial charge is 1.00 e. The molecule has 0 amide bonds. The zero-order valence-electron chi connectivity index (χ0n) is 5.87. The molecule has 5 heteroatoms. The number of carboxylic acid groups (broad SMARTS) is 2. The molecule has 0 aromatic rings. The van der Waals surface area contributed by atoms with Crippen molar-refractivity contribution in [2.75, 3.05) is 0 Å². The second kappa shape index (κ2) is 5.81. The first-order valence-corrected chi connectivity index (χ1v) is 1.77. The summed E-state index contributed by atoms with van der Waals surface area (Å²) in [7, 11) is 0. The Morgan fingerprint density at radius 1 is 1.11 bits per heavy atom. The Balaban J connectivity index is -0.000000245. The maximum atomic E-state index is 9.55. The van der Waals surface area contributed by atoms with E-state index in [1.54, 1.807) is 0 Å². The van der Waals surface area contributed by atoms with Gasteiger partial charge in [-0.15, -0.1) is 0 Å². The van der Waals surface area contributed by atoms with Crippen LogP contribution in [0.1, 0.15) is 1.43 Å². The molecule has 0 atom stereocenters. The summed E-state index contributed by atoms with van der Waals surface area (Å²) in [4.78, 5) is 19.1. The molecule has 0 aromatic heterocycles. The summed E-state index contributed by atoms with van der Waals surface area (Å²) in [6.45, 7) is 0. The van der Waals surface area contributed by atoms with Gasteiger partial charge in [-0.25, -0.2) is 9.59 Å². The van der Waals surface area contributed by atoms with Crippen LogP contribution in [0.25, 0.3) is 0 Å². The van der Waals surface area contributed by atoms with E-state index in [1.165, 1.54) is 0 Å². The number of aliphatic carboxylic acids is 2. The molecule has 4 nitrogen and oxygen atoms in total. The predicted molar refractivity (Wildman–Crippen MR) is 25.5 cm³/mol. The van der Waals surface area contributed by atoms with E-state index in [-0.39, 0.29) is 31.0 Å². The van der Waals surface area contributed by atoms with E-state index in [2.05, 4.69) is 0 Å². The molecule has 0 fully saturated rings. The molecule has 0 aliphatic rings. The van der Waals surface area contributed by atoms with Crippen molar-refractivity contribution in [2.24, 2.45) is 0 Å². The van der Waals surface area contributed by atoms with E-state index in [9.17, 15) is 9.59 Å². The summed E-state index contributed by atoms with van der Waals surface area (Å²) in [5.41, 5.74) is 0. The molecule has 2 N–H and O–H groups in total. The van der Waals surface area contributed by atoms with E-state index < -0.39 is 11.9 Å². The molecule has 0 saturated carbocycles. The molecule has 9 heavy (non-hydrogen) atoms. The van der Waals surface area contributed by atoms with Gasteiger partial charge in [0, 0.05) is 12.2 Å². The fourth-order valence-corrected chi connectivity index (χ4v) is 0.143. The molecule has 46 valence electrons. The summed E-state index contributed by atoms with van der Waals surface area (Å²) in [5.74, 6) is -2.51. The first-order chi connectivity index (χ1) is 3.63. The van der Waals surface area contributed by atoms with E-state index in [4.69, 9.17) is 10.2 Å². The first-order valence-electron chi connectivity index (χ1n) is 1.77. The Labute approximate surface area is 75.0 Å². The Morgan fingerprint density at radius 2 is 1.33 bits per heavy atom. The van der Waals surface area contributed by atoms with Crippen molar-refractivity contribution in [3.8, 4) is 0 Å². The quantitative estimate of drug-likeness (QED) is 0.313. The van der Waals surface area contributed by atoms with Crippen LogP contribution in [0, 0.1) is 0 Å². The van der Waals surface area contributed by atoms with Crippen molar-refractivity contribution in [1.82, 2.24) is 0 Å². The van der Waals surface area contributed by atoms with Crippen LogP contribution in [-0.4, -0.2) is 22.2 Å². The predicted octanol–water partition coefficient (Wildman–Crippen LogP) is -3.17. The smallest absolute Gasteiger partial charge is 1.00 e. The molecule has 0 radical (unpaired) electrons. The van der Waals surface area contributed by atoms with Gasteiger partial charge < -0.3 is 11.6 Å². The summed E-state index contributed by atoms with van der Waals surface area (Å²) in [6.07, 6.45) is 1.12. The van der Waals surface area contributed by atoms with Gasteiger partial charge in [-0.05, 0) is 0 Å². The fraction of sp³-hybridized carbons (Fsp3) is 0. The van der Waals surface area contributed by atoms with Crippen LogP contribution in [0.3, 0.4) is 0 Å². The molecule has 0 bridgehead atoms. The molecule has 0 unspecified atom stereocenters. The van der Waals surface area contributed by atoms with Gasteiger partial charge in [0.25, 0.3) is 0 Å². The zero-order chi connectivity index (χ0) is 6.57. The Kier molecular flexibility index (Phi) is 7.41. The molecule has 0 aliphatic heterocycles. The summed E-state index contributed by atoms with van der Waals surface area (Å²) < 4.78 is 0. The number of rotatable bonds is 2. The van der Waals surface area contributed by atoms with E-state index >= 15 is 0 Å². The molecular formula is C4H5NaO4. The summed E-state index contributed by atoms with van der Waals surface area (Å²) >= 11 is 0. The minimum absolute atomic E-state index is 0. The van der Waals surface area contributed by atoms with Crippen molar-refractivity contribution in [2.45, 2.75) is 0 Å². The zero-order valence-corrected chi connectivity index (χ0v) is 6.87.